The predicted octanol–water partition coefficient (Wildman–Crippen LogP) is 3.64. The van der Waals surface area contributed by atoms with Crippen LogP contribution < -0.4 is 15.4 Å². The Hall–Kier alpha value is -3.00. The number of rotatable bonds is 5. The standard InChI is InChI=1S/C20H21N3O2/c21-14-15-8-10-17(11-9-15)23-20(24)22-12-13-25-19-7-3-5-16-4-1-2-6-18(16)19/h3,5,7-11H,1-2,4,6,12-13H2,(H2,22,23,24). The van der Waals surface area contributed by atoms with Crippen LogP contribution in [0.3, 0.4) is 0 Å². The summed E-state index contributed by atoms with van der Waals surface area (Å²) in [5, 5.41) is 14.3. The Labute approximate surface area is 147 Å². The van der Waals surface area contributed by atoms with Crippen LogP contribution >= 0.6 is 0 Å². The van der Waals surface area contributed by atoms with Gasteiger partial charge in [-0.15, -0.1) is 0 Å². The Morgan fingerprint density at radius 3 is 2.72 bits per heavy atom. The fraction of sp³-hybridized carbons (Fsp3) is 0.300. The lowest BCUT2D eigenvalue weighted by molar-refractivity contribution is 0.247. The summed E-state index contributed by atoms with van der Waals surface area (Å²) in [6.07, 6.45) is 4.64. The second-order valence-electron chi connectivity index (χ2n) is 6.02. The van der Waals surface area contributed by atoms with Gasteiger partial charge in [0.25, 0.3) is 0 Å². The number of carbonyl (C=O) groups excluding carboxylic acids is 1. The van der Waals surface area contributed by atoms with Crippen molar-refractivity contribution in [2.24, 2.45) is 0 Å². The van der Waals surface area contributed by atoms with Gasteiger partial charge in [0.15, 0.2) is 0 Å². The minimum Gasteiger partial charge on any atom is -0.491 e. The van der Waals surface area contributed by atoms with E-state index in [2.05, 4.69) is 16.7 Å². The van der Waals surface area contributed by atoms with E-state index in [1.54, 1.807) is 24.3 Å². The molecule has 1 aliphatic carbocycles. The molecular formula is C20H21N3O2. The topological polar surface area (TPSA) is 74.2 Å². The molecule has 0 heterocycles. The van der Waals surface area contributed by atoms with Crippen molar-refractivity contribution in [3.63, 3.8) is 0 Å². The fourth-order valence-corrected chi connectivity index (χ4v) is 3.01. The number of nitrogens with one attached hydrogen (secondary N) is 2. The third-order valence-electron chi connectivity index (χ3n) is 4.27. The van der Waals surface area contributed by atoms with Gasteiger partial charge in [-0.25, -0.2) is 4.79 Å². The number of ether oxygens (including phenoxy) is 1. The van der Waals surface area contributed by atoms with Gasteiger partial charge in [0, 0.05) is 5.69 Å². The second kappa shape index (κ2) is 8.20. The molecule has 2 aromatic carbocycles. The summed E-state index contributed by atoms with van der Waals surface area (Å²) in [4.78, 5) is 11.9. The maximum Gasteiger partial charge on any atom is 0.319 e. The predicted molar refractivity (Wildman–Crippen MR) is 96.8 cm³/mol. The molecule has 2 N–H and O–H groups in total. The summed E-state index contributed by atoms with van der Waals surface area (Å²) in [5.74, 6) is 0.937. The summed E-state index contributed by atoms with van der Waals surface area (Å²) in [6.45, 7) is 0.850. The van der Waals surface area contributed by atoms with E-state index in [9.17, 15) is 4.79 Å². The van der Waals surface area contributed by atoms with Crippen LogP contribution in [-0.4, -0.2) is 19.2 Å². The van der Waals surface area contributed by atoms with Crippen LogP contribution in [0.15, 0.2) is 42.5 Å². The molecule has 0 aromatic heterocycles. The number of fused-ring (bicyclic) bond motifs is 1. The van der Waals surface area contributed by atoms with Gasteiger partial charge in [-0.1, -0.05) is 12.1 Å². The zero-order valence-electron chi connectivity index (χ0n) is 14.0. The molecule has 1 aliphatic rings. The van der Waals surface area contributed by atoms with Crippen molar-refractivity contribution in [3.8, 4) is 11.8 Å². The summed E-state index contributed by atoms with van der Waals surface area (Å²) < 4.78 is 5.86. The van der Waals surface area contributed by atoms with Crippen LogP contribution in [-0.2, 0) is 12.8 Å². The first kappa shape index (κ1) is 16.8. The molecule has 0 atom stereocenters. The molecule has 0 bridgehead atoms. The first-order chi connectivity index (χ1) is 12.3. The molecule has 3 rings (SSSR count). The van der Waals surface area contributed by atoms with Gasteiger partial charge < -0.3 is 15.4 Å². The highest BCUT2D eigenvalue weighted by atomic mass is 16.5. The molecule has 0 saturated heterocycles. The quantitative estimate of drug-likeness (QED) is 0.819. The Morgan fingerprint density at radius 1 is 1.12 bits per heavy atom. The molecule has 2 aromatic rings. The lowest BCUT2D eigenvalue weighted by atomic mass is 9.91. The third-order valence-corrected chi connectivity index (χ3v) is 4.27. The van der Waals surface area contributed by atoms with E-state index in [4.69, 9.17) is 10.00 Å². The summed E-state index contributed by atoms with van der Waals surface area (Å²) in [7, 11) is 0. The van der Waals surface area contributed by atoms with Crippen molar-refractivity contribution in [2.45, 2.75) is 25.7 Å². The minimum absolute atomic E-state index is 0.289. The van der Waals surface area contributed by atoms with Gasteiger partial charge >= 0.3 is 6.03 Å². The molecule has 5 heteroatoms. The van der Waals surface area contributed by atoms with Crippen LogP contribution in [0.5, 0.6) is 5.75 Å². The third kappa shape index (κ3) is 4.51. The number of aryl methyl sites for hydroxylation is 1. The highest BCUT2D eigenvalue weighted by Crippen LogP contribution is 2.29. The van der Waals surface area contributed by atoms with Crippen molar-refractivity contribution < 1.29 is 9.53 Å². The van der Waals surface area contributed by atoms with Crippen LogP contribution in [0, 0.1) is 11.3 Å². The van der Waals surface area contributed by atoms with E-state index >= 15 is 0 Å². The Balaban J connectivity index is 1.44. The largest absolute Gasteiger partial charge is 0.491 e. The van der Waals surface area contributed by atoms with E-state index in [1.165, 1.54) is 24.0 Å². The lowest BCUT2D eigenvalue weighted by Crippen LogP contribution is -2.32. The highest BCUT2D eigenvalue weighted by Gasteiger charge is 2.13. The first-order valence-corrected chi connectivity index (χ1v) is 8.55. The second-order valence-corrected chi connectivity index (χ2v) is 6.02. The number of carbonyl (C=O) groups is 1. The molecule has 0 radical (unpaired) electrons. The average Bonchev–Trinajstić information content (AvgIpc) is 2.66. The smallest absolute Gasteiger partial charge is 0.319 e. The molecule has 0 aliphatic heterocycles. The zero-order valence-corrected chi connectivity index (χ0v) is 14.0. The number of urea groups is 1. The average molecular weight is 335 g/mol. The molecule has 2 amide bonds. The van der Waals surface area contributed by atoms with Gasteiger partial charge in [-0.2, -0.15) is 5.26 Å². The van der Waals surface area contributed by atoms with Crippen LogP contribution in [0.25, 0.3) is 0 Å². The molecular weight excluding hydrogens is 314 g/mol. The van der Waals surface area contributed by atoms with Crippen molar-refractivity contribution in [1.29, 1.82) is 5.26 Å². The maximum absolute atomic E-state index is 11.9. The van der Waals surface area contributed by atoms with Crippen LogP contribution in [0.4, 0.5) is 10.5 Å². The van der Waals surface area contributed by atoms with Crippen molar-refractivity contribution >= 4 is 11.7 Å². The number of amides is 2. The molecule has 0 spiro atoms. The number of hydrogen-bond donors (Lipinski definition) is 2. The number of benzene rings is 2. The Bertz CT molecular complexity index is 779. The van der Waals surface area contributed by atoms with E-state index in [0.29, 0.717) is 24.4 Å². The van der Waals surface area contributed by atoms with E-state index in [-0.39, 0.29) is 6.03 Å². The van der Waals surface area contributed by atoms with Crippen molar-refractivity contribution in [3.05, 3.63) is 59.2 Å². The summed E-state index contributed by atoms with van der Waals surface area (Å²) in [6, 6.07) is 14.7. The van der Waals surface area contributed by atoms with Crippen LogP contribution in [0.1, 0.15) is 29.5 Å². The normalized spacial score (nSPS) is 12.6. The van der Waals surface area contributed by atoms with E-state index in [0.717, 1.165) is 18.6 Å². The number of nitriles is 1. The van der Waals surface area contributed by atoms with Crippen molar-refractivity contribution in [1.82, 2.24) is 5.32 Å². The molecule has 25 heavy (non-hydrogen) atoms. The van der Waals surface area contributed by atoms with Crippen LogP contribution in [0.2, 0.25) is 0 Å². The fourth-order valence-electron chi connectivity index (χ4n) is 3.01. The molecule has 5 nitrogen and oxygen atoms in total. The van der Waals surface area contributed by atoms with Gasteiger partial charge in [0.2, 0.25) is 0 Å². The van der Waals surface area contributed by atoms with E-state index in [1.807, 2.05) is 18.2 Å². The minimum atomic E-state index is -0.289. The highest BCUT2D eigenvalue weighted by molar-refractivity contribution is 5.89. The first-order valence-electron chi connectivity index (χ1n) is 8.55. The van der Waals surface area contributed by atoms with Gasteiger partial charge in [-0.05, 0) is 67.1 Å². The molecule has 0 saturated carbocycles. The summed E-state index contributed by atoms with van der Waals surface area (Å²) >= 11 is 0. The molecule has 0 unspecified atom stereocenters. The maximum atomic E-state index is 11.9. The van der Waals surface area contributed by atoms with Gasteiger partial charge in [0.1, 0.15) is 12.4 Å². The monoisotopic (exact) mass is 335 g/mol. The number of anilines is 1. The molecule has 0 fully saturated rings. The lowest BCUT2D eigenvalue weighted by Gasteiger charge is -2.19. The zero-order chi connectivity index (χ0) is 17.5. The molecule has 128 valence electrons. The Morgan fingerprint density at radius 2 is 1.92 bits per heavy atom. The van der Waals surface area contributed by atoms with Crippen molar-refractivity contribution in [2.75, 3.05) is 18.5 Å². The number of nitrogens with zero attached hydrogens (tertiary/aromatic N) is 1. The van der Waals surface area contributed by atoms with E-state index < -0.39 is 0 Å². The number of hydrogen-bond acceptors (Lipinski definition) is 3. The SMILES string of the molecule is N#Cc1ccc(NC(=O)NCCOc2cccc3c2CCCC3)cc1. The Kier molecular flexibility index (Phi) is 5.53. The van der Waals surface area contributed by atoms with Gasteiger partial charge in [-0.3, -0.25) is 0 Å². The van der Waals surface area contributed by atoms with Gasteiger partial charge in [0.05, 0.1) is 18.2 Å². The summed E-state index contributed by atoms with van der Waals surface area (Å²) in [5.41, 5.74) is 3.91.